The van der Waals surface area contributed by atoms with Crippen molar-refractivity contribution in [1.82, 2.24) is 0 Å². The lowest BCUT2D eigenvalue weighted by molar-refractivity contribution is -0.133. The van der Waals surface area contributed by atoms with Crippen LogP contribution in [0.25, 0.3) is 0 Å². The van der Waals surface area contributed by atoms with Gasteiger partial charge in [0.2, 0.25) is 0 Å². The Bertz CT molecular complexity index is 197. The molecule has 0 saturated heterocycles. The van der Waals surface area contributed by atoms with Gasteiger partial charge in [0.25, 0.3) is 0 Å². The van der Waals surface area contributed by atoms with Gasteiger partial charge in [-0.1, -0.05) is 0 Å². The van der Waals surface area contributed by atoms with Gasteiger partial charge in [-0.2, -0.15) is 0 Å². The van der Waals surface area contributed by atoms with Crippen LogP contribution >= 0.6 is 11.8 Å². The van der Waals surface area contributed by atoms with E-state index in [1.54, 1.807) is 0 Å². The van der Waals surface area contributed by atoms with Gasteiger partial charge in [0, 0.05) is 0 Å². The lowest BCUT2D eigenvalue weighted by Crippen LogP contribution is -2.23. The normalized spacial score (nSPS) is 9.92. The second-order valence-corrected chi connectivity index (χ2v) is 3.40. The Kier molecular flexibility index (Phi) is 4.58. The number of aliphatic carboxylic acids is 1. The molecule has 0 atom stereocenters. The zero-order valence-corrected chi connectivity index (χ0v) is 7.68. The molecule has 68 valence electrons. The highest BCUT2D eigenvalue weighted by atomic mass is 32.2. The van der Waals surface area contributed by atoms with E-state index in [4.69, 9.17) is 5.11 Å². The van der Waals surface area contributed by atoms with E-state index in [1.807, 2.05) is 0 Å². The zero-order valence-electron chi connectivity index (χ0n) is 6.86. The lowest BCUT2D eigenvalue weighted by atomic mass is 10.2. The molecule has 0 aliphatic rings. The first-order valence-corrected chi connectivity index (χ1v) is 4.34. The topological polar surface area (TPSA) is 71.4 Å². The molecule has 0 heterocycles. The summed E-state index contributed by atoms with van der Waals surface area (Å²) in [6.07, 6.45) is 0. The molecule has 0 aromatic carbocycles. The van der Waals surface area contributed by atoms with E-state index in [0.717, 1.165) is 11.8 Å². The van der Waals surface area contributed by atoms with Crippen molar-refractivity contribution in [2.75, 3.05) is 5.75 Å². The minimum absolute atomic E-state index is 0.218. The van der Waals surface area contributed by atoms with Crippen LogP contribution in [0, 0.1) is 0 Å². The molecule has 0 fully saturated rings. The molecular weight excluding hydrogens is 180 g/mol. The number of Topliss-reactive ketones (excluding diaryl/α,β-unsaturated/α-hetero) is 2. The standard InChI is InChI=1S/C7H10O4S/c1-4(8)7(5(2)9)12-3-6(10)11/h7H,3H2,1-2H3,(H,10,11). The number of hydrogen-bond acceptors (Lipinski definition) is 4. The Morgan fingerprint density at radius 1 is 1.25 bits per heavy atom. The molecule has 0 unspecified atom stereocenters. The first-order valence-electron chi connectivity index (χ1n) is 3.29. The molecule has 12 heavy (non-hydrogen) atoms. The molecule has 0 radical (unpaired) electrons. The fourth-order valence-corrected chi connectivity index (χ4v) is 1.45. The summed E-state index contributed by atoms with van der Waals surface area (Å²) < 4.78 is 0. The van der Waals surface area contributed by atoms with E-state index in [2.05, 4.69) is 0 Å². The molecule has 0 amide bonds. The van der Waals surface area contributed by atoms with Crippen LogP contribution < -0.4 is 0 Å². The maximum absolute atomic E-state index is 10.8. The van der Waals surface area contributed by atoms with Crippen molar-refractivity contribution < 1.29 is 19.5 Å². The van der Waals surface area contributed by atoms with Gasteiger partial charge in [0.1, 0.15) is 16.8 Å². The molecule has 5 heteroatoms. The SMILES string of the molecule is CC(=O)C(SCC(=O)O)C(C)=O. The molecule has 1 N–H and O–H groups in total. The number of carbonyl (C=O) groups is 3. The van der Waals surface area contributed by atoms with Crippen LogP contribution in [-0.4, -0.2) is 33.6 Å². The number of rotatable bonds is 5. The second-order valence-electron chi connectivity index (χ2n) is 2.31. The first-order chi connectivity index (χ1) is 5.45. The monoisotopic (exact) mass is 190 g/mol. The second kappa shape index (κ2) is 4.92. The Hall–Kier alpha value is -0.840. The number of ketones is 2. The van der Waals surface area contributed by atoms with Crippen LogP contribution in [0.5, 0.6) is 0 Å². The van der Waals surface area contributed by atoms with Gasteiger partial charge in [0.15, 0.2) is 0 Å². The predicted octanol–water partition coefficient (Wildman–Crippen LogP) is 0.351. The van der Waals surface area contributed by atoms with Gasteiger partial charge in [-0.3, -0.25) is 14.4 Å². The van der Waals surface area contributed by atoms with E-state index in [9.17, 15) is 14.4 Å². The molecule has 0 aromatic heterocycles. The van der Waals surface area contributed by atoms with E-state index in [0.29, 0.717) is 0 Å². The van der Waals surface area contributed by atoms with Crippen molar-refractivity contribution in [2.45, 2.75) is 19.1 Å². The smallest absolute Gasteiger partial charge is 0.313 e. The van der Waals surface area contributed by atoms with Gasteiger partial charge >= 0.3 is 5.97 Å². The van der Waals surface area contributed by atoms with Crippen LogP contribution in [0.3, 0.4) is 0 Å². The first kappa shape index (κ1) is 11.2. The number of carbonyl (C=O) groups excluding carboxylic acids is 2. The summed E-state index contributed by atoms with van der Waals surface area (Å²) >= 11 is 0.847. The Labute approximate surface area is 74.3 Å². The quantitative estimate of drug-likeness (QED) is 0.633. The van der Waals surface area contributed by atoms with Gasteiger partial charge in [0.05, 0.1) is 5.75 Å². The zero-order chi connectivity index (χ0) is 9.72. The average molecular weight is 190 g/mol. The van der Waals surface area contributed by atoms with Crippen LogP contribution in [0.2, 0.25) is 0 Å². The Morgan fingerprint density at radius 2 is 1.67 bits per heavy atom. The van der Waals surface area contributed by atoms with Crippen LogP contribution in [0.1, 0.15) is 13.8 Å². The van der Waals surface area contributed by atoms with Crippen molar-refractivity contribution in [1.29, 1.82) is 0 Å². The van der Waals surface area contributed by atoms with Crippen molar-refractivity contribution in [3.8, 4) is 0 Å². The van der Waals surface area contributed by atoms with Crippen LogP contribution in [0.4, 0.5) is 0 Å². The molecule has 0 aliphatic carbocycles. The third kappa shape index (κ3) is 4.12. The molecule has 0 bridgehead atoms. The number of thioether (sulfide) groups is 1. The Morgan fingerprint density at radius 3 is 1.92 bits per heavy atom. The van der Waals surface area contributed by atoms with E-state index >= 15 is 0 Å². The fraction of sp³-hybridized carbons (Fsp3) is 0.571. The molecule has 0 spiro atoms. The fourth-order valence-electron chi connectivity index (χ4n) is 0.676. The number of carboxylic acid groups (broad SMARTS) is 1. The van der Waals surface area contributed by atoms with E-state index in [-0.39, 0.29) is 17.3 Å². The maximum Gasteiger partial charge on any atom is 0.313 e. The Balaban J connectivity index is 4.06. The molecule has 0 aliphatic heterocycles. The molecule has 0 saturated carbocycles. The maximum atomic E-state index is 10.8. The highest BCUT2D eigenvalue weighted by Crippen LogP contribution is 2.12. The van der Waals surface area contributed by atoms with Crippen molar-refractivity contribution >= 4 is 29.3 Å². The lowest BCUT2D eigenvalue weighted by Gasteiger charge is -2.06. The highest BCUT2D eigenvalue weighted by molar-refractivity contribution is 8.02. The minimum Gasteiger partial charge on any atom is -0.481 e. The van der Waals surface area contributed by atoms with Crippen LogP contribution in [-0.2, 0) is 14.4 Å². The van der Waals surface area contributed by atoms with Crippen molar-refractivity contribution in [3.63, 3.8) is 0 Å². The van der Waals surface area contributed by atoms with Gasteiger partial charge in [-0.05, 0) is 13.8 Å². The summed E-state index contributed by atoms with van der Waals surface area (Å²) in [5.41, 5.74) is 0. The molecule has 0 rings (SSSR count). The largest absolute Gasteiger partial charge is 0.481 e. The summed E-state index contributed by atoms with van der Waals surface area (Å²) in [6, 6.07) is 0. The predicted molar refractivity (Wildman–Crippen MR) is 45.2 cm³/mol. The highest BCUT2D eigenvalue weighted by Gasteiger charge is 2.20. The molecule has 0 aromatic rings. The molecule has 4 nitrogen and oxygen atoms in total. The number of hydrogen-bond donors (Lipinski definition) is 1. The van der Waals surface area contributed by atoms with Gasteiger partial charge in [-0.25, -0.2) is 0 Å². The van der Waals surface area contributed by atoms with E-state index < -0.39 is 11.2 Å². The van der Waals surface area contributed by atoms with Crippen molar-refractivity contribution in [2.24, 2.45) is 0 Å². The van der Waals surface area contributed by atoms with Crippen LogP contribution in [0.15, 0.2) is 0 Å². The summed E-state index contributed by atoms with van der Waals surface area (Å²) in [4.78, 5) is 31.6. The summed E-state index contributed by atoms with van der Waals surface area (Å²) in [5.74, 6) is -1.83. The summed E-state index contributed by atoms with van der Waals surface area (Å²) in [6.45, 7) is 2.56. The molecular formula is C7H10O4S. The van der Waals surface area contributed by atoms with Gasteiger partial charge < -0.3 is 5.11 Å². The average Bonchev–Trinajstić information content (AvgIpc) is 1.84. The minimum atomic E-state index is -1.02. The van der Waals surface area contributed by atoms with Gasteiger partial charge in [-0.15, -0.1) is 11.8 Å². The summed E-state index contributed by atoms with van der Waals surface area (Å²) in [7, 11) is 0. The van der Waals surface area contributed by atoms with Crippen molar-refractivity contribution in [3.05, 3.63) is 0 Å². The number of carboxylic acids is 1. The summed E-state index contributed by atoms with van der Waals surface area (Å²) in [5, 5.41) is 7.46. The third-order valence-electron chi connectivity index (χ3n) is 1.11. The van der Waals surface area contributed by atoms with E-state index in [1.165, 1.54) is 13.8 Å². The third-order valence-corrected chi connectivity index (χ3v) is 2.52.